The predicted octanol–water partition coefficient (Wildman–Crippen LogP) is 2.63. The number of rotatable bonds is 4. The number of hydrogen-bond acceptors (Lipinski definition) is 4. The van der Waals surface area contributed by atoms with E-state index >= 15 is 0 Å². The van der Waals surface area contributed by atoms with Crippen LogP contribution in [-0.2, 0) is 19.9 Å². The lowest BCUT2D eigenvalue weighted by Gasteiger charge is -2.30. The van der Waals surface area contributed by atoms with E-state index in [9.17, 15) is 14.4 Å². The molecule has 2 fully saturated rings. The second kappa shape index (κ2) is 6.41. The molecule has 2 N–H and O–H groups in total. The van der Waals surface area contributed by atoms with Gasteiger partial charge in [-0.2, -0.15) is 0 Å². The van der Waals surface area contributed by atoms with Crippen molar-refractivity contribution >= 4 is 39.3 Å². The minimum atomic E-state index is -1.19. The number of halogens is 1. The Morgan fingerprint density at radius 1 is 1.22 bits per heavy atom. The lowest BCUT2D eigenvalue weighted by molar-refractivity contribution is -0.143. The Hall–Kier alpha value is -1.73. The Bertz CT molecular complexity index is 840. The topological polar surface area (TPSA) is 78.5 Å². The van der Waals surface area contributed by atoms with Gasteiger partial charge < -0.3 is 5.32 Å². The van der Waals surface area contributed by atoms with Crippen LogP contribution < -0.4 is 10.6 Å². The van der Waals surface area contributed by atoms with Crippen LogP contribution in [0.2, 0.25) is 0 Å². The molecule has 4 atom stereocenters. The zero-order valence-electron chi connectivity index (χ0n) is 15.7. The summed E-state index contributed by atoms with van der Waals surface area (Å²) >= 11 is 3.48. The molecule has 0 aliphatic carbocycles. The molecule has 4 rings (SSSR count). The first-order valence-corrected chi connectivity index (χ1v) is 10.4. The van der Waals surface area contributed by atoms with Crippen molar-refractivity contribution in [3.63, 3.8) is 0 Å². The first kappa shape index (κ1) is 18.6. The molecule has 144 valence electrons. The summed E-state index contributed by atoms with van der Waals surface area (Å²) in [6.07, 6.45) is 1.68. The lowest BCUT2D eigenvalue weighted by Crippen LogP contribution is -2.54. The van der Waals surface area contributed by atoms with Gasteiger partial charge in [-0.1, -0.05) is 43.1 Å². The number of hydrogen-bond donors (Lipinski definition) is 2. The average Bonchev–Trinajstić information content (AvgIpc) is 3.20. The molecule has 0 radical (unpaired) electrons. The molecule has 27 heavy (non-hydrogen) atoms. The maximum atomic E-state index is 13.3. The van der Waals surface area contributed by atoms with Gasteiger partial charge in [-0.25, -0.2) is 0 Å². The summed E-state index contributed by atoms with van der Waals surface area (Å²) in [5.41, 5.74) is 0.261. The fourth-order valence-corrected chi connectivity index (χ4v) is 5.24. The van der Waals surface area contributed by atoms with Crippen LogP contribution in [0.4, 0.5) is 5.69 Å². The van der Waals surface area contributed by atoms with Gasteiger partial charge in [-0.05, 0) is 30.5 Å². The standard InChI is InChI=1S/C20H24BrN3O3/c1-4-5-8-24-17(25)14-15(18(24)26)20(23-16(14)10(2)3)12-9-11(21)6-7-13(12)22-19(20)27/h6-7,9-10,14-16,23H,4-5,8H2,1-3H3,(H,22,27)/t14-,15-,16+,20+/m0/s1. The fraction of sp³-hybridized carbons (Fsp3) is 0.550. The summed E-state index contributed by atoms with van der Waals surface area (Å²) in [5.74, 6) is -1.71. The Morgan fingerprint density at radius 3 is 2.63 bits per heavy atom. The SMILES string of the molecule is CCCCN1C(=O)[C@@H]2[C@@H](C(C)C)N[C@@]3(C(=O)Nc4ccc(Br)cc43)[C@@H]2C1=O. The minimum Gasteiger partial charge on any atom is -0.324 e. The maximum absolute atomic E-state index is 13.3. The van der Waals surface area contributed by atoms with Crippen LogP contribution in [0.3, 0.4) is 0 Å². The van der Waals surface area contributed by atoms with E-state index < -0.39 is 17.4 Å². The maximum Gasteiger partial charge on any atom is 0.250 e. The Balaban J connectivity index is 1.86. The molecule has 2 saturated heterocycles. The number of carbonyl (C=O) groups excluding carboxylic acids is 3. The molecular formula is C20H24BrN3O3. The van der Waals surface area contributed by atoms with E-state index in [1.165, 1.54) is 4.90 Å². The van der Waals surface area contributed by atoms with Crippen LogP contribution in [0.15, 0.2) is 22.7 Å². The van der Waals surface area contributed by atoms with Crippen molar-refractivity contribution in [1.82, 2.24) is 10.2 Å². The molecule has 3 aliphatic rings. The Kier molecular flexibility index (Phi) is 4.42. The highest BCUT2D eigenvalue weighted by Crippen LogP contribution is 2.54. The van der Waals surface area contributed by atoms with Crippen molar-refractivity contribution in [1.29, 1.82) is 0 Å². The van der Waals surface area contributed by atoms with Gasteiger partial charge in [-0.3, -0.25) is 24.6 Å². The summed E-state index contributed by atoms with van der Waals surface area (Å²) in [5, 5.41) is 6.36. The van der Waals surface area contributed by atoms with Crippen molar-refractivity contribution in [2.24, 2.45) is 17.8 Å². The molecule has 1 aromatic rings. The number of nitrogens with zero attached hydrogens (tertiary/aromatic N) is 1. The monoisotopic (exact) mass is 433 g/mol. The molecule has 1 spiro atoms. The molecule has 7 heteroatoms. The van der Waals surface area contributed by atoms with Crippen LogP contribution in [0.5, 0.6) is 0 Å². The molecular weight excluding hydrogens is 410 g/mol. The number of anilines is 1. The van der Waals surface area contributed by atoms with E-state index in [0.29, 0.717) is 12.2 Å². The number of fused-ring (bicyclic) bond motifs is 4. The number of likely N-dealkylation sites (tertiary alicyclic amines) is 1. The highest BCUT2D eigenvalue weighted by atomic mass is 79.9. The molecule has 0 unspecified atom stereocenters. The Labute approximate surface area is 167 Å². The number of unbranched alkanes of at least 4 members (excludes halogenated alkanes) is 1. The number of amides is 3. The minimum absolute atomic E-state index is 0.115. The van der Waals surface area contributed by atoms with E-state index in [4.69, 9.17) is 0 Å². The van der Waals surface area contributed by atoms with Gasteiger partial charge in [0, 0.05) is 28.3 Å². The third-order valence-corrected chi connectivity index (χ3v) is 6.65. The third-order valence-electron chi connectivity index (χ3n) is 6.16. The lowest BCUT2D eigenvalue weighted by atomic mass is 9.76. The second-order valence-electron chi connectivity index (χ2n) is 8.05. The third kappa shape index (κ3) is 2.44. The predicted molar refractivity (Wildman–Crippen MR) is 105 cm³/mol. The molecule has 1 aromatic carbocycles. The van der Waals surface area contributed by atoms with Crippen molar-refractivity contribution in [2.75, 3.05) is 11.9 Å². The van der Waals surface area contributed by atoms with Gasteiger partial charge in [0.1, 0.15) is 5.54 Å². The number of benzene rings is 1. The van der Waals surface area contributed by atoms with Gasteiger partial charge in [0.25, 0.3) is 0 Å². The van der Waals surface area contributed by atoms with E-state index in [1.54, 1.807) is 0 Å². The summed E-state index contributed by atoms with van der Waals surface area (Å²) in [4.78, 5) is 41.1. The smallest absolute Gasteiger partial charge is 0.250 e. The molecule has 0 saturated carbocycles. The van der Waals surface area contributed by atoms with Crippen LogP contribution in [0.25, 0.3) is 0 Å². The van der Waals surface area contributed by atoms with Crippen LogP contribution in [-0.4, -0.2) is 35.2 Å². The first-order valence-electron chi connectivity index (χ1n) is 9.57. The highest BCUT2D eigenvalue weighted by Gasteiger charge is 2.70. The van der Waals surface area contributed by atoms with Crippen molar-refractivity contribution in [2.45, 2.75) is 45.2 Å². The van der Waals surface area contributed by atoms with Crippen molar-refractivity contribution in [3.8, 4) is 0 Å². The van der Waals surface area contributed by atoms with E-state index in [2.05, 4.69) is 26.6 Å². The van der Waals surface area contributed by atoms with Gasteiger partial charge in [-0.15, -0.1) is 0 Å². The largest absolute Gasteiger partial charge is 0.324 e. The number of imide groups is 1. The molecule has 3 amide bonds. The van der Waals surface area contributed by atoms with Gasteiger partial charge in [0.2, 0.25) is 17.7 Å². The van der Waals surface area contributed by atoms with E-state index in [1.807, 2.05) is 39.0 Å². The molecule has 6 nitrogen and oxygen atoms in total. The van der Waals surface area contributed by atoms with Gasteiger partial charge in [0.15, 0.2) is 0 Å². The summed E-state index contributed by atoms with van der Waals surface area (Å²) in [6.45, 7) is 6.50. The van der Waals surface area contributed by atoms with Crippen LogP contribution >= 0.6 is 15.9 Å². The summed E-state index contributed by atoms with van der Waals surface area (Å²) < 4.78 is 0.836. The molecule has 0 bridgehead atoms. The summed E-state index contributed by atoms with van der Waals surface area (Å²) in [7, 11) is 0. The second-order valence-corrected chi connectivity index (χ2v) is 8.97. The van der Waals surface area contributed by atoms with Crippen molar-refractivity contribution in [3.05, 3.63) is 28.2 Å². The average molecular weight is 434 g/mol. The zero-order chi connectivity index (χ0) is 19.5. The normalized spacial score (nSPS) is 31.8. The first-order chi connectivity index (χ1) is 12.8. The number of carbonyl (C=O) groups is 3. The Morgan fingerprint density at radius 2 is 1.96 bits per heavy atom. The number of nitrogens with one attached hydrogen (secondary N) is 2. The quantitative estimate of drug-likeness (QED) is 0.715. The van der Waals surface area contributed by atoms with Gasteiger partial charge >= 0.3 is 0 Å². The van der Waals surface area contributed by atoms with Crippen LogP contribution in [0, 0.1) is 17.8 Å². The van der Waals surface area contributed by atoms with E-state index in [0.717, 1.165) is 22.9 Å². The van der Waals surface area contributed by atoms with Crippen molar-refractivity contribution < 1.29 is 14.4 Å². The van der Waals surface area contributed by atoms with E-state index in [-0.39, 0.29) is 29.7 Å². The molecule has 3 aliphatic heterocycles. The summed E-state index contributed by atoms with van der Waals surface area (Å²) in [6, 6.07) is 5.35. The highest BCUT2D eigenvalue weighted by molar-refractivity contribution is 9.10. The van der Waals surface area contributed by atoms with Gasteiger partial charge in [0.05, 0.1) is 11.8 Å². The zero-order valence-corrected chi connectivity index (χ0v) is 17.3. The molecule has 3 heterocycles. The fourth-order valence-electron chi connectivity index (χ4n) is 4.88. The molecule has 0 aromatic heterocycles. The van der Waals surface area contributed by atoms with Crippen LogP contribution in [0.1, 0.15) is 39.2 Å².